The summed E-state index contributed by atoms with van der Waals surface area (Å²) < 4.78 is 1.03. The summed E-state index contributed by atoms with van der Waals surface area (Å²) in [7, 11) is 0. The van der Waals surface area contributed by atoms with Crippen molar-refractivity contribution in [3.8, 4) is 0 Å². The second-order valence-corrected chi connectivity index (χ2v) is 6.38. The van der Waals surface area contributed by atoms with E-state index >= 15 is 0 Å². The highest BCUT2D eigenvalue weighted by Gasteiger charge is 2.23. The van der Waals surface area contributed by atoms with Crippen LogP contribution < -0.4 is 5.32 Å². The fourth-order valence-electron chi connectivity index (χ4n) is 3.05. The molecule has 2 nitrogen and oxygen atoms in total. The summed E-state index contributed by atoms with van der Waals surface area (Å²) in [6.07, 6.45) is 7.11. The first-order chi connectivity index (χ1) is 9.26. The molecule has 1 aromatic carbocycles. The molecule has 1 aromatic heterocycles. The van der Waals surface area contributed by atoms with E-state index < -0.39 is 0 Å². The molecule has 19 heavy (non-hydrogen) atoms. The van der Waals surface area contributed by atoms with Crippen molar-refractivity contribution in [3.63, 3.8) is 0 Å². The summed E-state index contributed by atoms with van der Waals surface area (Å²) in [5.74, 6) is 0.898. The predicted molar refractivity (Wildman–Crippen MR) is 84.5 cm³/mol. The molecule has 3 heteroatoms. The minimum absolute atomic E-state index is 0.612. The SMILES string of the molecule is CCC1CCC(Nc2cccc3cc(Br)cnc23)C1. The molecule has 1 aliphatic rings. The number of nitrogens with zero attached hydrogens (tertiary/aromatic N) is 1. The van der Waals surface area contributed by atoms with Crippen molar-refractivity contribution < 1.29 is 0 Å². The summed E-state index contributed by atoms with van der Waals surface area (Å²) in [5.41, 5.74) is 2.25. The minimum atomic E-state index is 0.612. The third kappa shape index (κ3) is 2.76. The Morgan fingerprint density at radius 2 is 2.26 bits per heavy atom. The molecule has 100 valence electrons. The Labute approximate surface area is 122 Å². The molecule has 0 radical (unpaired) electrons. The average Bonchev–Trinajstić information content (AvgIpc) is 2.86. The third-order valence-electron chi connectivity index (χ3n) is 4.16. The molecular weight excluding hydrogens is 300 g/mol. The van der Waals surface area contributed by atoms with Crippen molar-refractivity contribution in [2.24, 2.45) is 5.92 Å². The molecule has 1 heterocycles. The molecule has 0 spiro atoms. The summed E-state index contributed by atoms with van der Waals surface area (Å²) in [6.45, 7) is 2.30. The fraction of sp³-hybridized carbons (Fsp3) is 0.438. The van der Waals surface area contributed by atoms with Crippen molar-refractivity contribution in [2.75, 3.05) is 5.32 Å². The van der Waals surface area contributed by atoms with Gasteiger partial charge in [0.25, 0.3) is 0 Å². The van der Waals surface area contributed by atoms with Crippen LogP contribution in [0.5, 0.6) is 0 Å². The quantitative estimate of drug-likeness (QED) is 0.862. The summed E-state index contributed by atoms with van der Waals surface area (Å²) in [4.78, 5) is 4.55. The number of hydrogen-bond acceptors (Lipinski definition) is 2. The van der Waals surface area contributed by atoms with Gasteiger partial charge >= 0.3 is 0 Å². The lowest BCUT2D eigenvalue weighted by molar-refractivity contribution is 0.525. The van der Waals surface area contributed by atoms with Gasteiger partial charge in [-0.1, -0.05) is 25.5 Å². The van der Waals surface area contributed by atoms with Crippen LogP contribution in [-0.4, -0.2) is 11.0 Å². The van der Waals surface area contributed by atoms with Gasteiger partial charge in [-0.15, -0.1) is 0 Å². The number of hydrogen-bond donors (Lipinski definition) is 1. The first-order valence-electron chi connectivity index (χ1n) is 7.07. The van der Waals surface area contributed by atoms with Crippen LogP contribution in [0, 0.1) is 5.92 Å². The molecule has 0 saturated heterocycles. The fourth-order valence-corrected chi connectivity index (χ4v) is 3.40. The van der Waals surface area contributed by atoms with E-state index in [1.807, 2.05) is 6.20 Å². The van der Waals surface area contributed by atoms with Gasteiger partial charge in [0, 0.05) is 22.1 Å². The molecule has 1 aliphatic carbocycles. The molecule has 0 bridgehead atoms. The van der Waals surface area contributed by atoms with Crippen molar-refractivity contribution in [1.82, 2.24) is 4.98 Å². The maximum atomic E-state index is 4.55. The van der Waals surface area contributed by atoms with Gasteiger partial charge < -0.3 is 5.32 Å². The van der Waals surface area contributed by atoms with E-state index in [9.17, 15) is 0 Å². The van der Waals surface area contributed by atoms with E-state index in [-0.39, 0.29) is 0 Å². The summed E-state index contributed by atoms with van der Waals surface area (Å²) in [6, 6.07) is 9.09. The van der Waals surface area contributed by atoms with Gasteiger partial charge in [-0.05, 0) is 53.2 Å². The van der Waals surface area contributed by atoms with Gasteiger partial charge in [0.15, 0.2) is 0 Å². The number of benzene rings is 1. The van der Waals surface area contributed by atoms with E-state index in [0.717, 1.165) is 15.9 Å². The van der Waals surface area contributed by atoms with Crippen LogP contribution in [0.1, 0.15) is 32.6 Å². The number of rotatable bonds is 3. The first-order valence-corrected chi connectivity index (χ1v) is 7.86. The molecule has 1 saturated carbocycles. The zero-order chi connectivity index (χ0) is 13.2. The van der Waals surface area contributed by atoms with Crippen LogP contribution in [0.25, 0.3) is 10.9 Å². The second kappa shape index (κ2) is 5.49. The van der Waals surface area contributed by atoms with Gasteiger partial charge in [0.05, 0.1) is 11.2 Å². The van der Waals surface area contributed by atoms with Gasteiger partial charge in [0.2, 0.25) is 0 Å². The van der Waals surface area contributed by atoms with Crippen LogP contribution in [-0.2, 0) is 0 Å². The maximum Gasteiger partial charge on any atom is 0.0934 e. The van der Waals surface area contributed by atoms with Gasteiger partial charge in [-0.25, -0.2) is 0 Å². The van der Waals surface area contributed by atoms with Crippen molar-refractivity contribution >= 4 is 32.5 Å². The Morgan fingerprint density at radius 1 is 1.37 bits per heavy atom. The topological polar surface area (TPSA) is 24.9 Å². The van der Waals surface area contributed by atoms with Crippen LogP contribution in [0.15, 0.2) is 34.9 Å². The van der Waals surface area contributed by atoms with Crippen molar-refractivity contribution in [3.05, 3.63) is 34.9 Å². The molecule has 1 N–H and O–H groups in total. The average molecular weight is 319 g/mol. The van der Waals surface area contributed by atoms with E-state index in [1.54, 1.807) is 0 Å². The second-order valence-electron chi connectivity index (χ2n) is 5.46. The monoisotopic (exact) mass is 318 g/mol. The van der Waals surface area contributed by atoms with E-state index in [0.29, 0.717) is 6.04 Å². The molecule has 0 aliphatic heterocycles. The zero-order valence-electron chi connectivity index (χ0n) is 11.2. The zero-order valence-corrected chi connectivity index (χ0v) is 12.8. The highest BCUT2D eigenvalue weighted by molar-refractivity contribution is 9.10. The van der Waals surface area contributed by atoms with Crippen molar-refractivity contribution in [1.29, 1.82) is 0 Å². The van der Waals surface area contributed by atoms with Crippen LogP contribution >= 0.6 is 15.9 Å². The van der Waals surface area contributed by atoms with E-state index in [1.165, 1.54) is 36.8 Å². The molecular formula is C16H19BrN2. The Kier molecular flexibility index (Phi) is 3.74. The van der Waals surface area contributed by atoms with Crippen LogP contribution in [0.3, 0.4) is 0 Å². The number of anilines is 1. The molecule has 3 rings (SSSR count). The Bertz CT molecular complexity index is 582. The highest BCUT2D eigenvalue weighted by atomic mass is 79.9. The number of nitrogens with one attached hydrogen (secondary N) is 1. The smallest absolute Gasteiger partial charge is 0.0934 e. The molecule has 2 unspecified atom stereocenters. The van der Waals surface area contributed by atoms with Crippen LogP contribution in [0.4, 0.5) is 5.69 Å². The van der Waals surface area contributed by atoms with Gasteiger partial charge in [-0.2, -0.15) is 0 Å². The number of fused-ring (bicyclic) bond motifs is 1. The predicted octanol–water partition coefficient (Wildman–Crippen LogP) is 4.99. The third-order valence-corrected chi connectivity index (χ3v) is 4.59. The molecule has 2 aromatic rings. The summed E-state index contributed by atoms with van der Waals surface area (Å²) >= 11 is 3.48. The van der Waals surface area contributed by atoms with Gasteiger partial charge in [0.1, 0.15) is 0 Å². The highest BCUT2D eigenvalue weighted by Crippen LogP contribution is 2.32. The van der Waals surface area contributed by atoms with Crippen molar-refractivity contribution in [2.45, 2.75) is 38.6 Å². The Hall–Kier alpha value is -1.09. The molecule has 1 fully saturated rings. The standard InChI is InChI=1S/C16H19BrN2/c1-2-11-6-7-14(8-11)19-15-5-3-4-12-9-13(17)10-18-16(12)15/h3-5,9-11,14,19H,2,6-8H2,1H3. The number of halogens is 1. The lowest BCUT2D eigenvalue weighted by Crippen LogP contribution is -2.15. The number of aromatic nitrogens is 1. The van der Waals surface area contributed by atoms with E-state index in [4.69, 9.17) is 0 Å². The lowest BCUT2D eigenvalue weighted by Gasteiger charge is -2.15. The maximum absolute atomic E-state index is 4.55. The Morgan fingerprint density at radius 3 is 3.05 bits per heavy atom. The number of para-hydroxylation sites is 1. The normalized spacial score (nSPS) is 22.8. The minimum Gasteiger partial charge on any atom is -0.381 e. The van der Waals surface area contributed by atoms with Gasteiger partial charge in [-0.3, -0.25) is 4.98 Å². The van der Waals surface area contributed by atoms with Crippen LogP contribution in [0.2, 0.25) is 0 Å². The number of pyridine rings is 1. The largest absolute Gasteiger partial charge is 0.381 e. The Balaban J connectivity index is 1.85. The molecule has 2 atom stereocenters. The first kappa shape index (κ1) is 12.9. The van der Waals surface area contributed by atoms with E-state index in [2.05, 4.69) is 57.4 Å². The lowest BCUT2D eigenvalue weighted by atomic mass is 10.1. The molecule has 0 amide bonds. The summed E-state index contributed by atoms with van der Waals surface area (Å²) in [5, 5.41) is 4.87.